The highest BCUT2D eigenvalue weighted by atomic mass is 16.6. The average molecular weight is 579 g/mol. The Hall–Kier alpha value is -3.10. The first kappa shape index (κ1) is 29.0. The van der Waals surface area contributed by atoms with Crippen molar-refractivity contribution in [2.75, 3.05) is 52.9 Å². The summed E-state index contributed by atoms with van der Waals surface area (Å²) in [7, 11) is 0. The number of carbonyl (C=O) groups excluding carboxylic acids is 2. The summed E-state index contributed by atoms with van der Waals surface area (Å²) in [5, 5.41) is 0. The molecule has 0 amide bonds. The van der Waals surface area contributed by atoms with E-state index in [0.717, 1.165) is 47.8 Å². The summed E-state index contributed by atoms with van der Waals surface area (Å²) in [6.45, 7) is 11.6. The van der Waals surface area contributed by atoms with Gasteiger partial charge in [-0.2, -0.15) is 0 Å². The molecule has 4 atom stereocenters. The van der Waals surface area contributed by atoms with Gasteiger partial charge in [-0.3, -0.25) is 0 Å². The van der Waals surface area contributed by atoms with Gasteiger partial charge in [-0.05, 0) is 80.2 Å². The van der Waals surface area contributed by atoms with Crippen molar-refractivity contribution in [2.45, 2.75) is 50.4 Å². The van der Waals surface area contributed by atoms with Gasteiger partial charge in [0.25, 0.3) is 0 Å². The van der Waals surface area contributed by atoms with Crippen molar-refractivity contribution in [3.05, 3.63) is 59.7 Å². The molecule has 0 radical (unpaired) electrons. The second kappa shape index (κ2) is 12.3. The van der Waals surface area contributed by atoms with Crippen LogP contribution in [0.25, 0.3) is 0 Å². The number of fused-ring (bicyclic) bond motifs is 1. The minimum atomic E-state index is -0.453. The molecule has 4 unspecified atom stereocenters. The van der Waals surface area contributed by atoms with Crippen LogP contribution in [0.2, 0.25) is 0 Å². The first-order chi connectivity index (χ1) is 20.4. The van der Waals surface area contributed by atoms with Crippen molar-refractivity contribution < 1.29 is 38.0 Å². The molecule has 1 aromatic rings. The fraction of sp³-hybridized carbons (Fsp3) is 0.588. The van der Waals surface area contributed by atoms with E-state index in [-0.39, 0.29) is 18.6 Å². The van der Waals surface area contributed by atoms with E-state index < -0.39 is 11.9 Å². The van der Waals surface area contributed by atoms with Crippen molar-refractivity contribution >= 4 is 11.9 Å². The molecule has 6 rings (SSSR count). The van der Waals surface area contributed by atoms with E-state index in [1.807, 2.05) is 0 Å². The molecule has 0 aliphatic heterocycles. The van der Waals surface area contributed by atoms with Crippen LogP contribution in [0.5, 0.6) is 11.5 Å². The van der Waals surface area contributed by atoms with Gasteiger partial charge in [0.05, 0.1) is 26.4 Å². The lowest BCUT2D eigenvalue weighted by Crippen LogP contribution is -2.71. The minimum absolute atomic E-state index is 0.185. The molecule has 0 N–H and O–H groups in total. The SMILES string of the molecule is C=CC(=O)OCCOCCOc1cc(OCCOCCOC(=O)C=C)c(C23CC4CC(C2)C43)cc1C1CC(C)=C2CC21. The lowest BCUT2D eigenvalue weighted by molar-refractivity contribution is -0.220. The van der Waals surface area contributed by atoms with Crippen molar-refractivity contribution in [1.82, 2.24) is 0 Å². The summed E-state index contributed by atoms with van der Waals surface area (Å²) in [5.41, 5.74) is 6.07. The highest BCUT2D eigenvalue weighted by molar-refractivity contribution is 5.81. The zero-order valence-corrected chi connectivity index (χ0v) is 24.6. The zero-order chi connectivity index (χ0) is 29.3. The number of ether oxygens (including phenoxy) is 6. The number of benzene rings is 1. The average Bonchev–Trinajstić information content (AvgIpc) is 3.72. The van der Waals surface area contributed by atoms with Gasteiger partial charge in [-0.25, -0.2) is 9.59 Å². The van der Waals surface area contributed by atoms with Gasteiger partial charge in [0, 0.05) is 29.2 Å². The van der Waals surface area contributed by atoms with Crippen LogP contribution in [0.4, 0.5) is 0 Å². The third kappa shape index (κ3) is 5.51. The first-order valence-corrected chi connectivity index (χ1v) is 15.3. The number of hydrogen-bond donors (Lipinski definition) is 0. The molecule has 4 saturated carbocycles. The van der Waals surface area contributed by atoms with Gasteiger partial charge in [-0.1, -0.05) is 24.3 Å². The fourth-order valence-corrected chi connectivity index (χ4v) is 8.19. The predicted octanol–water partition coefficient (Wildman–Crippen LogP) is 5.06. The van der Waals surface area contributed by atoms with Crippen LogP contribution in [0.1, 0.15) is 56.1 Å². The molecule has 0 heterocycles. The number of esters is 2. The van der Waals surface area contributed by atoms with E-state index in [1.54, 1.807) is 5.57 Å². The molecule has 0 bridgehead atoms. The van der Waals surface area contributed by atoms with Gasteiger partial charge in [-0.15, -0.1) is 0 Å². The third-order valence-electron chi connectivity index (χ3n) is 10.1. The standard InChI is InChI=1S/C34H42O8/c1-4-31(35)41-12-8-37-6-10-39-29-18-30(40-11-7-38-9-13-42-32(36)5-2)28(34-19-22-15-23(20-34)33(22)34)17-27(29)25-14-21(3)24-16-26(24)25/h4-5,17-18,22-23,25-26,33H,1-2,6-16,19-20H2,3H3. The maximum Gasteiger partial charge on any atom is 0.330 e. The van der Waals surface area contributed by atoms with Gasteiger partial charge >= 0.3 is 11.9 Å². The molecule has 0 aromatic heterocycles. The van der Waals surface area contributed by atoms with E-state index in [4.69, 9.17) is 28.4 Å². The van der Waals surface area contributed by atoms with Gasteiger partial charge in [0.15, 0.2) is 0 Å². The maximum absolute atomic E-state index is 11.2. The Kier molecular flexibility index (Phi) is 8.46. The Bertz CT molecular complexity index is 1250. The molecule has 8 nitrogen and oxygen atoms in total. The number of rotatable bonds is 18. The molecular formula is C34H42O8. The van der Waals surface area contributed by atoms with Gasteiger partial charge < -0.3 is 28.4 Å². The Morgan fingerprint density at radius 3 is 1.90 bits per heavy atom. The third-order valence-corrected chi connectivity index (χ3v) is 10.1. The quantitative estimate of drug-likeness (QED) is 0.103. The molecule has 4 fully saturated rings. The summed E-state index contributed by atoms with van der Waals surface area (Å²) in [6.07, 6.45) is 8.49. The molecular weight excluding hydrogens is 536 g/mol. The normalized spacial score (nSPS) is 29.2. The van der Waals surface area contributed by atoms with Gasteiger partial charge in [0.2, 0.25) is 0 Å². The topological polar surface area (TPSA) is 89.5 Å². The van der Waals surface area contributed by atoms with Crippen LogP contribution in [0.15, 0.2) is 48.6 Å². The number of hydrogen-bond acceptors (Lipinski definition) is 8. The van der Waals surface area contributed by atoms with E-state index in [2.05, 4.69) is 32.2 Å². The van der Waals surface area contributed by atoms with Crippen LogP contribution in [-0.2, 0) is 34.0 Å². The molecule has 226 valence electrons. The molecule has 42 heavy (non-hydrogen) atoms. The summed E-state index contributed by atoms with van der Waals surface area (Å²) < 4.78 is 34.1. The summed E-state index contributed by atoms with van der Waals surface area (Å²) >= 11 is 0. The molecule has 5 aliphatic carbocycles. The highest BCUT2D eigenvalue weighted by Gasteiger charge is 2.72. The lowest BCUT2D eigenvalue weighted by atomic mass is 9.28. The van der Waals surface area contributed by atoms with Crippen molar-refractivity contribution in [3.63, 3.8) is 0 Å². The van der Waals surface area contributed by atoms with Crippen molar-refractivity contribution in [1.29, 1.82) is 0 Å². The minimum Gasteiger partial charge on any atom is -0.491 e. The van der Waals surface area contributed by atoms with E-state index >= 15 is 0 Å². The first-order valence-electron chi connectivity index (χ1n) is 15.3. The smallest absolute Gasteiger partial charge is 0.330 e. The second-order valence-electron chi connectivity index (χ2n) is 12.3. The number of carbonyl (C=O) groups is 2. The summed E-state index contributed by atoms with van der Waals surface area (Å²) in [5.74, 6) is 4.52. The second-order valence-corrected chi connectivity index (χ2v) is 12.3. The maximum atomic E-state index is 11.2. The van der Waals surface area contributed by atoms with Crippen LogP contribution < -0.4 is 9.47 Å². The van der Waals surface area contributed by atoms with Crippen molar-refractivity contribution in [3.8, 4) is 11.5 Å². The molecule has 8 heteroatoms. The highest BCUT2D eigenvalue weighted by Crippen LogP contribution is 2.78. The largest absolute Gasteiger partial charge is 0.491 e. The lowest BCUT2D eigenvalue weighted by Gasteiger charge is -2.76. The van der Waals surface area contributed by atoms with Crippen molar-refractivity contribution in [2.24, 2.45) is 23.7 Å². The van der Waals surface area contributed by atoms with E-state index in [9.17, 15) is 9.59 Å². The molecule has 0 spiro atoms. The van der Waals surface area contributed by atoms with Gasteiger partial charge in [0.1, 0.15) is 37.9 Å². The number of allylic oxidation sites excluding steroid dienone is 2. The van der Waals surface area contributed by atoms with Crippen LogP contribution in [0.3, 0.4) is 0 Å². The predicted molar refractivity (Wildman–Crippen MR) is 156 cm³/mol. The Labute approximate surface area is 248 Å². The molecule has 5 aliphatic rings. The Morgan fingerprint density at radius 2 is 1.40 bits per heavy atom. The van der Waals surface area contributed by atoms with Crippen LogP contribution in [0, 0.1) is 23.7 Å². The molecule has 0 saturated heterocycles. The summed E-state index contributed by atoms with van der Waals surface area (Å²) in [6, 6.07) is 4.55. The van der Waals surface area contributed by atoms with Crippen LogP contribution >= 0.6 is 0 Å². The summed E-state index contributed by atoms with van der Waals surface area (Å²) in [4.78, 5) is 22.4. The molecule has 1 aromatic carbocycles. The van der Waals surface area contributed by atoms with E-state index in [0.29, 0.717) is 51.5 Å². The monoisotopic (exact) mass is 578 g/mol. The zero-order valence-electron chi connectivity index (χ0n) is 24.6. The Morgan fingerprint density at radius 1 is 0.810 bits per heavy atom. The van der Waals surface area contributed by atoms with Crippen LogP contribution in [-0.4, -0.2) is 64.8 Å². The fourth-order valence-electron chi connectivity index (χ4n) is 8.19. The Balaban J connectivity index is 1.13. The van der Waals surface area contributed by atoms with E-state index in [1.165, 1.54) is 42.4 Å².